The number of para-hydroxylation sites is 1. The highest BCUT2D eigenvalue weighted by molar-refractivity contribution is 6.30. The molecule has 0 atom stereocenters. The van der Waals surface area contributed by atoms with E-state index in [1.807, 2.05) is 89.0 Å². The minimum absolute atomic E-state index is 0.0972. The number of benzene rings is 3. The molecule has 1 aliphatic rings. The van der Waals surface area contributed by atoms with Gasteiger partial charge in [0.05, 0.1) is 11.2 Å². The number of allylic oxidation sites excluding steroid dienone is 3. The van der Waals surface area contributed by atoms with Crippen LogP contribution in [0.25, 0.3) is 39.9 Å². The molecule has 0 saturated heterocycles. The van der Waals surface area contributed by atoms with Crippen LogP contribution in [0.3, 0.4) is 0 Å². The number of rotatable bonds is 3. The maximum absolute atomic E-state index is 13.5. The maximum atomic E-state index is 13.5. The van der Waals surface area contributed by atoms with Crippen LogP contribution in [0, 0.1) is 22.7 Å². The summed E-state index contributed by atoms with van der Waals surface area (Å²) in [4.78, 5) is 18.5. The van der Waals surface area contributed by atoms with Crippen LogP contribution < -0.4 is 0 Å². The molecule has 7 heteroatoms. The average molecular weight is 512 g/mol. The second kappa shape index (κ2) is 9.05. The van der Waals surface area contributed by atoms with Crippen LogP contribution in [-0.2, 0) is 7.05 Å². The summed E-state index contributed by atoms with van der Waals surface area (Å²) < 4.78 is 3.98. The first kappa shape index (κ1) is 23.2. The fourth-order valence-electron chi connectivity index (χ4n) is 4.96. The lowest BCUT2D eigenvalue weighted by molar-refractivity contribution is 0.104. The Morgan fingerprint density at radius 2 is 1.58 bits per heavy atom. The molecule has 0 spiro atoms. The highest BCUT2D eigenvalue weighted by Gasteiger charge is 2.33. The van der Waals surface area contributed by atoms with Crippen molar-refractivity contribution in [2.24, 2.45) is 7.05 Å². The average Bonchev–Trinajstić information content (AvgIpc) is 3.55. The zero-order chi connectivity index (χ0) is 26.4. The number of nitriles is 2. The quantitative estimate of drug-likeness (QED) is 0.197. The number of aryl methyl sites for hydroxylation is 1. The number of hydrogen-bond donors (Lipinski definition) is 0. The standard InChI is InChI=1S/C31H18ClN5O/c1-36-27-16-23(15-26-28(20(17-33)18-34)24-9-5-6-10-25(24)29(26)38)37(22-7-3-2-4-8-22)31(27)35-30(36)19-11-13-21(32)14-12-19/h2-16H,1H3/b26-15-. The summed E-state index contributed by atoms with van der Waals surface area (Å²) in [5.41, 5.74) is 5.70. The number of halogens is 1. The van der Waals surface area contributed by atoms with E-state index in [1.165, 1.54) is 0 Å². The minimum atomic E-state index is -0.224. The molecule has 2 heterocycles. The molecule has 0 aliphatic heterocycles. The van der Waals surface area contributed by atoms with Crippen LogP contribution >= 0.6 is 11.6 Å². The van der Waals surface area contributed by atoms with E-state index in [4.69, 9.17) is 16.6 Å². The molecule has 6 nitrogen and oxygen atoms in total. The smallest absolute Gasteiger partial charge is 0.194 e. The molecule has 3 aromatic carbocycles. The summed E-state index contributed by atoms with van der Waals surface area (Å²) in [5.74, 6) is 0.551. The second-order valence-corrected chi connectivity index (χ2v) is 9.29. The van der Waals surface area contributed by atoms with E-state index in [2.05, 4.69) is 0 Å². The van der Waals surface area contributed by atoms with Crippen LogP contribution in [-0.4, -0.2) is 19.9 Å². The largest absolute Gasteiger partial charge is 0.326 e. The van der Waals surface area contributed by atoms with Gasteiger partial charge in [0.15, 0.2) is 11.4 Å². The van der Waals surface area contributed by atoms with Gasteiger partial charge in [-0.15, -0.1) is 0 Å². The molecular formula is C31H18ClN5O. The fourth-order valence-corrected chi connectivity index (χ4v) is 5.08. The molecule has 0 N–H and O–H groups in total. The SMILES string of the molecule is Cn1c(-c2ccc(Cl)cc2)nc2c1cc(/C=C1\C(=O)c3ccccc3C1=C(C#N)C#N)n2-c1ccccc1. The van der Waals surface area contributed by atoms with Crippen molar-refractivity contribution in [1.29, 1.82) is 10.5 Å². The molecule has 0 saturated carbocycles. The normalized spacial score (nSPS) is 13.5. The van der Waals surface area contributed by atoms with Gasteiger partial charge in [0, 0.05) is 40.0 Å². The molecule has 0 radical (unpaired) electrons. The molecule has 180 valence electrons. The lowest BCUT2D eigenvalue weighted by atomic mass is 9.99. The van der Waals surface area contributed by atoms with Gasteiger partial charge >= 0.3 is 0 Å². The number of ketones is 1. The second-order valence-electron chi connectivity index (χ2n) is 8.86. The highest BCUT2D eigenvalue weighted by Crippen LogP contribution is 2.40. The van der Waals surface area contributed by atoms with Crippen molar-refractivity contribution < 1.29 is 4.79 Å². The van der Waals surface area contributed by atoms with Crippen molar-refractivity contribution in [3.63, 3.8) is 0 Å². The van der Waals surface area contributed by atoms with Crippen molar-refractivity contribution in [3.8, 4) is 29.2 Å². The molecule has 2 aromatic heterocycles. The minimum Gasteiger partial charge on any atom is -0.326 e. The summed E-state index contributed by atoms with van der Waals surface area (Å²) in [6, 6.07) is 30.2. The van der Waals surface area contributed by atoms with Crippen LogP contribution in [0.5, 0.6) is 0 Å². The van der Waals surface area contributed by atoms with Crippen molar-refractivity contribution in [3.05, 3.63) is 118 Å². The van der Waals surface area contributed by atoms with Gasteiger partial charge in [0.2, 0.25) is 0 Å². The van der Waals surface area contributed by atoms with Gasteiger partial charge < -0.3 is 4.57 Å². The number of carbonyl (C=O) groups is 1. The molecular weight excluding hydrogens is 494 g/mol. The Morgan fingerprint density at radius 3 is 2.26 bits per heavy atom. The van der Waals surface area contributed by atoms with Gasteiger partial charge in [-0.3, -0.25) is 9.36 Å². The molecule has 38 heavy (non-hydrogen) atoms. The molecule has 0 unspecified atom stereocenters. The van der Waals surface area contributed by atoms with Crippen molar-refractivity contribution in [2.75, 3.05) is 0 Å². The molecule has 1 aliphatic carbocycles. The molecule has 6 rings (SSSR count). The fraction of sp³-hybridized carbons (Fsp3) is 0.0323. The van der Waals surface area contributed by atoms with E-state index in [0.29, 0.717) is 38.6 Å². The first-order valence-corrected chi connectivity index (χ1v) is 12.2. The van der Waals surface area contributed by atoms with E-state index >= 15 is 0 Å². The Balaban J connectivity index is 1.63. The third-order valence-electron chi connectivity index (χ3n) is 6.71. The third kappa shape index (κ3) is 3.56. The zero-order valence-corrected chi connectivity index (χ0v) is 20.9. The Labute approximate surface area is 223 Å². The van der Waals surface area contributed by atoms with E-state index in [1.54, 1.807) is 30.3 Å². The topological polar surface area (TPSA) is 87.4 Å². The summed E-state index contributed by atoms with van der Waals surface area (Å²) >= 11 is 6.09. The number of imidazole rings is 1. The summed E-state index contributed by atoms with van der Waals surface area (Å²) in [7, 11) is 1.94. The Morgan fingerprint density at radius 1 is 0.921 bits per heavy atom. The first-order chi connectivity index (χ1) is 18.5. The van der Waals surface area contributed by atoms with Crippen LogP contribution in [0.4, 0.5) is 0 Å². The van der Waals surface area contributed by atoms with E-state index in [0.717, 1.165) is 22.6 Å². The van der Waals surface area contributed by atoms with E-state index < -0.39 is 0 Å². The first-order valence-electron chi connectivity index (χ1n) is 11.8. The van der Waals surface area contributed by atoms with Gasteiger partial charge in [-0.1, -0.05) is 54.1 Å². The van der Waals surface area contributed by atoms with Gasteiger partial charge in [0.1, 0.15) is 23.5 Å². The van der Waals surface area contributed by atoms with Crippen LogP contribution in [0.2, 0.25) is 5.02 Å². The molecule has 0 bridgehead atoms. The third-order valence-corrected chi connectivity index (χ3v) is 6.96. The number of hydrogen-bond acceptors (Lipinski definition) is 4. The van der Waals surface area contributed by atoms with Gasteiger partial charge in [0.25, 0.3) is 0 Å². The van der Waals surface area contributed by atoms with E-state index in [-0.39, 0.29) is 11.4 Å². The van der Waals surface area contributed by atoms with Crippen molar-refractivity contribution >= 4 is 40.2 Å². The van der Waals surface area contributed by atoms with Gasteiger partial charge in [-0.05, 0) is 54.1 Å². The number of nitrogens with zero attached hydrogens (tertiary/aromatic N) is 5. The molecule has 0 fully saturated rings. The number of carbonyl (C=O) groups excluding carboxylic acids is 1. The van der Waals surface area contributed by atoms with Crippen LogP contribution in [0.1, 0.15) is 21.6 Å². The predicted molar refractivity (Wildman–Crippen MR) is 147 cm³/mol. The Kier molecular flexibility index (Phi) is 5.53. The van der Waals surface area contributed by atoms with Gasteiger partial charge in [-0.25, -0.2) is 4.98 Å². The maximum Gasteiger partial charge on any atom is 0.194 e. The van der Waals surface area contributed by atoms with Crippen molar-refractivity contribution in [2.45, 2.75) is 0 Å². The highest BCUT2D eigenvalue weighted by atomic mass is 35.5. The summed E-state index contributed by atoms with van der Waals surface area (Å²) in [5, 5.41) is 20.0. The summed E-state index contributed by atoms with van der Waals surface area (Å²) in [6.45, 7) is 0. The van der Waals surface area contributed by atoms with Crippen molar-refractivity contribution in [1.82, 2.24) is 14.1 Å². The lowest BCUT2D eigenvalue weighted by Crippen LogP contribution is -2.01. The Hall–Kier alpha value is -5.17. The van der Waals surface area contributed by atoms with Crippen LogP contribution in [0.15, 0.2) is 96.1 Å². The van der Waals surface area contributed by atoms with Gasteiger partial charge in [-0.2, -0.15) is 10.5 Å². The Bertz CT molecular complexity index is 1890. The van der Waals surface area contributed by atoms with E-state index in [9.17, 15) is 15.3 Å². The predicted octanol–water partition coefficient (Wildman–Crippen LogP) is 6.77. The zero-order valence-electron chi connectivity index (χ0n) is 20.2. The lowest BCUT2D eigenvalue weighted by Gasteiger charge is -2.09. The molecule has 0 amide bonds. The monoisotopic (exact) mass is 511 g/mol. The number of Topliss-reactive ketones (excluding diaryl/α,β-unsaturated/α-hetero) is 1. The summed E-state index contributed by atoms with van der Waals surface area (Å²) in [6.07, 6.45) is 1.75. The number of fused-ring (bicyclic) bond motifs is 2. The number of aromatic nitrogens is 3. The molecule has 5 aromatic rings.